The van der Waals surface area contributed by atoms with E-state index in [2.05, 4.69) is 0 Å². The fraction of sp³-hybridized carbons (Fsp3) is 0.150. The maximum Gasteiger partial charge on any atom is 0.234 e. The van der Waals surface area contributed by atoms with Crippen LogP contribution >= 0.6 is 0 Å². The van der Waals surface area contributed by atoms with Gasteiger partial charge in [0.2, 0.25) is 11.7 Å². The van der Waals surface area contributed by atoms with Crippen LogP contribution in [-0.2, 0) is 11.2 Å². The van der Waals surface area contributed by atoms with Crippen molar-refractivity contribution in [1.29, 1.82) is 0 Å². The van der Waals surface area contributed by atoms with E-state index in [0.717, 1.165) is 5.56 Å². The van der Waals surface area contributed by atoms with Gasteiger partial charge in [-0.15, -0.1) is 0 Å². The lowest BCUT2D eigenvalue weighted by molar-refractivity contribution is -0.129. The van der Waals surface area contributed by atoms with Crippen LogP contribution in [0.2, 0.25) is 0 Å². The molecule has 0 spiro atoms. The van der Waals surface area contributed by atoms with E-state index in [1.807, 2.05) is 30.3 Å². The second-order valence-corrected chi connectivity index (χ2v) is 6.11. The quantitative estimate of drug-likeness (QED) is 0.855. The lowest BCUT2D eigenvalue weighted by Gasteiger charge is -2.19. The predicted octanol–water partition coefficient (Wildman–Crippen LogP) is 2.65. The number of Topliss-reactive ketones (excluding diaryl/α,β-unsaturated/α-hetero) is 2. The van der Waals surface area contributed by atoms with Crippen LogP contribution in [0.25, 0.3) is 0 Å². The van der Waals surface area contributed by atoms with E-state index in [1.54, 1.807) is 31.3 Å². The summed E-state index contributed by atoms with van der Waals surface area (Å²) in [5.74, 6) is -1.25. The van der Waals surface area contributed by atoms with Gasteiger partial charge in [0, 0.05) is 23.7 Å². The Hall–Kier alpha value is -3.01. The Morgan fingerprint density at radius 1 is 0.833 bits per heavy atom. The highest BCUT2D eigenvalue weighted by atomic mass is 16.2. The van der Waals surface area contributed by atoms with Crippen LogP contribution in [0.4, 0.5) is 0 Å². The fourth-order valence-electron chi connectivity index (χ4n) is 3.54. The number of nitrogens with zero attached hydrogens (tertiary/aromatic N) is 1. The van der Waals surface area contributed by atoms with Crippen LogP contribution in [-0.4, -0.2) is 29.4 Å². The molecule has 2 aromatic carbocycles. The Bertz CT molecular complexity index is 911. The van der Waals surface area contributed by atoms with Crippen LogP contribution in [0.15, 0.2) is 65.9 Å². The maximum absolute atomic E-state index is 12.9. The smallest absolute Gasteiger partial charge is 0.234 e. The SMILES string of the molecule is CN1C(=O)C(Cc2ccccc2)C2=C1C(=O)c1ccccc1C2=O. The molecular formula is C20H15NO3. The maximum atomic E-state index is 12.9. The van der Waals surface area contributed by atoms with Crippen molar-refractivity contribution in [2.24, 2.45) is 5.92 Å². The molecule has 1 unspecified atom stereocenters. The molecular weight excluding hydrogens is 302 g/mol. The van der Waals surface area contributed by atoms with Crippen molar-refractivity contribution in [3.8, 4) is 0 Å². The Morgan fingerprint density at radius 2 is 1.42 bits per heavy atom. The van der Waals surface area contributed by atoms with E-state index in [9.17, 15) is 14.4 Å². The lowest BCUT2D eigenvalue weighted by Crippen LogP contribution is -2.28. The molecule has 1 aliphatic heterocycles. The van der Waals surface area contributed by atoms with Gasteiger partial charge in [-0.3, -0.25) is 14.4 Å². The number of likely N-dealkylation sites (N-methyl/N-ethyl adjacent to an activating group) is 1. The van der Waals surface area contributed by atoms with Gasteiger partial charge < -0.3 is 4.90 Å². The molecule has 4 heteroatoms. The number of amides is 1. The van der Waals surface area contributed by atoms with Gasteiger partial charge in [0.15, 0.2) is 5.78 Å². The first-order valence-electron chi connectivity index (χ1n) is 7.83. The molecule has 1 atom stereocenters. The van der Waals surface area contributed by atoms with E-state index in [0.29, 0.717) is 23.1 Å². The third-order valence-electron chi connectivity index (χ3n) is 4.73. The highest BCUT2D eigenvalue weighted by Gasteiger charge is 2.47. The van der Waals surface area contributed by atoms with Gasteiger partial charge in [0.1, 0.15) is 0 Å². The van der Waals surface area contributed by atoms with Crippen molar-refractivity contribution in [2.75, 3.05) is 7.05 Å². The third kappa shape index (κ3) is 1.96. The minimum atomic E-state index is -0.600. The Labute approximate surface area is 139 Å². The number of hydrogen-bond donors (Lipinski definition) is 0. The van der Waals surface area contributed by atoms with Crippen molar-refractivity contribution in [1.82, 2.24) is 4.90 Å². The first-order valence-corrected chi connectivity index (χ1v) is 7.83. The number of carbonyl (C=O) groups is 3. The number of allylic oxidation sites excluding steroid dienone is 1. The van der Waals surface area contributed by atoms with Crippen LogP contribution in [0, 0.1) is 5.92 Å². The fourth-order valence-corrected chi connectivity index (χ4v) is 3.54. The molecule has 4 rings (SSSR count). The molecule has 118 valence electrons. The Balaban J connectivity index is 1.83. The molecule has 0 fully saturated rings. The highest BCUT2D eigenvalue weighted by Crippen LogP contribution is 2.39. The Morgan fingerprint density at radius 3 is 2.08 bits per heavy atom. The molecule has 0 radical (unpaired) electrons. The first-order chi connectivity index (χ1) is 11.6. The van der Waals surface area contributed by atoms with Gasteiger partial charge in [-0.1, -0.05) is 54.6 Å². The monoisotopic (exact) mass is 317 g/mol. The van der Waals surface area contributed by atoms with E-state index in [4.69, 9.17) is 0 Å². The molecule has 0 saturated carbocycles. The van der Waals surface area contributed by atoms with E-state index < -0.39 is 5.92 Å². The average molecular weight is 317 g/mol. The third-order valence-corrected chi connectivity index (χ3v) is 4.73. The second kappa shape index (κ2) is 5.27. The van der Waals surface area contributed by atoms with Gasteiger partial charge in [-0.2, -0.15) is 0 Å². The molecule has 1 aliphatic carbocycles. The van der Waals surface area contributed by atoms with E-state index in [-0.39, 0.29) is 23.2 Å². The van der Waals surface area contributed by atoms with Gasteiger partial charge >= 0.3 is 0 Å². The minimum absolute atomic E-state index is 0.196. The van der Waals surface area contributed by atoms with Crippen LogP contribution in [0.1, 0.15) is 26.3 Å². The largest absolute Gasteiger partial charge is 0.311 e. The first kappa shape index (κ1) is 14.6. The summed E-state index contributed by atoms with van der Waals surface area (Å²) in [5, 5.41) is 0. The summed E-state index contributed by atoms with van der Waals surface area (Å²) in [7, 11) is 1.57. The van der Waals surface area contributed by atoms with Gasteiger partial charge in [-0.25, -0.2) is 0 Å². The molecule has 1 heterocycles. The number of fused-ring (bicyclic) bond motifs is 1. The van der Waals surface area contributed by atoms with Crippen LogP contribution in [0.5, 0.6) is 0 Å². The molecule has 1 amide bonds. The van der Waals surface area contributed by atoms with Gasteiger partial charge in [0.25, 0.3) is 0 Å². The number of hydrogen-bond acceptors (Lipinski definition) is 3. The summed E-state index contributed by atoms with van der Waals surface area (Å²) in [6.07, 6.45) is 0.421. The molecule has 0 N–H and O–H groups in total. The number of benzene rings is 2. The van der Waals surface area contributed by atoms with Crippen molar-refractivity contribution < 1.29 is 14.4 Å². The zero-order valence-electron chi connectivity index (χ0n) is 13.2. The summed E-state index contributed by atoms with van der Waals surface area (Å²) in [4.78, 5) is 39.8. The summed E-state index contributed by atoms with van der Waals surface area (Å²) in [5.41, 5.74) is 2.32. The van der Waals surface area contributed by atoms with E-state index >= 15 is 0 Å². The predicted molar refractivity (Wildman–Crippen MR) is 88.5 cm³/mol. The van der Waals surface area contributed by atoms with Crippen LogP contribution < -0.4 is 0 Å². The topological polar surface area (TPSA) is 54.5 Å². The van der Waals surface area contributed by atoms with Crippen molar-refractivity contribution >= 4 is 17.5 Å². The summed E-state index contributed by atoms with van der Waals surface area (Å²) in [6.45, 7) is 0. The molecule has 0 saturated heterocycles. The second-order valence-electron chi connectivity index (χ2n) is 6.11. The summed E-state index contributed by atoms with van der Waals surface area (Å²) >= 11 is 0. The van der Waals surface area contributed by atoms with Crippen molar-refractivity contribution in [3.63, 3.8) is 0 Å². The van der Waals surface area contributed by atoms with Crippen molar-refractivity contribution in [3.05, 3.63) is 82.6 Å². The standard InChI is InChI=1S/C20H15NO3/c1-21-17-16(15(20(21)24)11-12-7-3-2-4-8-12)18(22)13-9-5-6-10-14(13)19(17)23/h2-10,15H,11H2,1H3. The molecule has 4 nitrogen and oxygen atoms in total. The lowest BCUT2D eigenvalue weighted by atomic mass is 9.81. The number of ketones is 2. The minimum Gasteiger partial charge on any atom is -0.311 e. The molecule has 0 bridgehead atoms. The van der Waals surface area contributed by atoms with Gasteiger partial charge in [0.05, 0.1) is 11.6 Å². The highest BCUT2D eigenvalue weighted by molar-refractivity contribution is 6.30. The zero-order valence-corrected chi connectivity index (χ0v) is 13.2. The average Bonchev–Trinajstić information content (AvgIpc) is 2.86. The number of rotatable bonds is 2. The molecule has 2 aromatic rings. The molecule has 0 aromatic heterocycles. The zero-order chi connectivity index (χ0) is 16.8. The molecule has 2 aliphatic rings. The summed E-state index contributed by atoms with van der Waals surface area (Å²) in [6, 6.07) is 16.3. The summed E-state index contributed by atoms with van der Waals surface area (Å²) < 4.78 is 0. The molecule has 24 heavy (non-hydrogen) atoms. The normalized spacial score (nSPS) is 19.6. The van der Waals surface area contributed by atoms with Crippen molar-refractivity contribution in [2.45, 2.75) is 6.42 Å². The van der Waals surface area contributed by atoms with Crippen LogP contribution in [0.3, 0.4) is 0 Å². The number of carbonyl (C=O) groups excluding carboxylic acids is 3. The Kier molecular flexibility index (Phi) is 3.20. The van der Waals surface area contributed by atoms with Gasteiger partial charge in [-0.05, 0) is 12.0 Å². The van der Waals surface area contributed by atoms with E-state index in [1.165, 1.54) is 4.90 Å².